The van der Waals surface area contributed by atoms with Crippen LogP contribution in [0.2, 0.25) is 0 Å². The van der Waals surface area contributed by atoms with Crippen LogP contribution in [0.1, 0.15) is 26.7 Å². The van der Waals surface area contributed by atoms with Gasteiger partial charge in [-0.25, -0.2) is 0 Å². The molecular formula is C6H13NS. The molecule has 0 heterocycles. The first-order valence-corrected chi connectivity index (χ1v) is 3.42. The van der Waals surface area contributed by atoms with Crippen LogP contribution >= 0.6 is 12.2 Å². The van der Waals surface area contributed by atoms with E-state index in [-0.39, 0.29) is 0 Å². The molecule has 48 valence electrons. The largest absolute Gasteiger partial charge is 0.380 e. The molecule has 0 aliphatic heterocycles. The Labute approximate surface area is 56.5 Å². The molecule has 0 aromatic heterocycles. The Morgan fingerprint density at radius 2 is 2.25 bits per heavy atom. The molecule has 2 heteroatoms. The fourth-order valence-corrected chi connectivity index (χ4v) is 0.543. The van der Waals surface area contributed by atoms with Crippen LogP contribution in [0.15, 0.2) is 0 Å². The van der Waals surface area contributed by atoms with E-state index in [2.05, 4.69) is 12.2 Å². The van der Waals surface area contributed by atoms with Crippen molar-refractivity contribution in [2.75, 3.05) is 6.54 Å². The minimum Gasteiger partial charge on any atom is -0.380 e. The van der Waals surface area contributed by atoms with Gasteiger partial charge in [0.15, 0.2) is 0 Å². The van der Waals surface area contributed by atoms with Gasteiger partial charge in [0.1, 0.15) is 0 Å². The van der Waals surface area contributed by atoms with E-state index in [9.17, 15) is 0 Å². The van der Waals surface area contributed by atoms with Gasteiger partial charge >= 0.3 is 0 Å². The van der Waals surface area contributed by atoms with Crippen molar-refractivity contribution >= 4 is 17.2 Å². The molecule has 0 fully saturated rings. The molecule has 0 saturated carbocycles. The number of nitrogens with one attached hydrogen (secondary N) is 1. The molecule has 0 saturated heterocycles. The molecule has 0 unspecified atom stereocenters. The van der Waals surface area contributed by atoms with Crippen molar-refractivity contribution in [3.8, 4) is 0 Å². The van der Waals surface area contributed by atoms with Crippen molar-refractivity contribution in [2.24, 2.45) is 0 Å². The SMILES string of the molecule is CCCCNC(C)=S. The number of hydrogen-bond donors (Lipinski definition) is 1. The Kier molecular flexibility index (Phi) is 4.97. The van der Waals surface area contributed by atoms with Crippen molar-refractivity contribution in [1.29, 1.82) is 0 Å². The first-order chi connectivity index (χ1) is 3.77. The summed E-state index contributed by atoms with van der Waals surface area (Å²) in [6, 6.07) is 0. The van der Waals surface area contributed by atoms with E-state index >= 15 is 0 Å². The van der Waals surface area contributed by atoms with Gasteiger partial charge in [0, 0.05) is 6.54 Å². The summed E-state index contributed by atoms with van der Waals surface area (Å²) < 4.78 is 0. The predicted octanol–water partition coefficient (Wildman–Crippen LogP) is 1.72. The second-order valence-electron chi connectivity index (χ2n) is 1.84. The lowest BCUT2D eigenvalue weighted by Crippen LogP contribution is -2.18. The van der Waals surface area contributed by atoms with E-state index in [1.54, 1.807) is 0 Å². The highest BCUT2D eigenvalue weighted by Crippen LogP contribution is 1.81. The quantitative estimate of drug-likeness (QED) is 0.462. The monoisotopic (exact) mass is 131 g/mol. The van der Waals surface area contributed by atoms with Crippen molar-refractivity contribution in [2.45, 2.75) is 26.7 Å². The van der Waals surface area contributed by atoms with E-state index in [0.29, 0.717) is 0 Å². The maximum atomic E-state index is 4.80. The van der Waals surface area contributed by atoms with Gasteiger partial charge in [-0.05, 0) is 13.3 Å². The van der Waals surface area contributed by atoms with Crippen LogP contribution in [0.5, 0.6) is 0 Å². The summed E-state index contributed by atoms with van der Waals surface area (Å²) in [5, 5.41) is 3.08. The smallest absolute Gasteiger partial charge is 0.0721 e. The number of unbranched alkanes of at least 4 members (excludes halogenated alkanes) is 1. The molecule has 0 rings (SSSR count). The molecule has 0 spiro atoms. The molecule has 0 bridgehead atoms. The first kappa shape index (κ1) is 7.89. The molecule has 1 N–H and O–H groups in total. The second kappa shape index (κ2) is 5.04. The zero-order chi connectivity index (χ0) is 6.41. The van der Waals surface area contributed by atoms with Crippen LogP contribution in [-0.4, -0.2) is 11.5 Å². The highest BCUT2D eigenvalue weighted by molar-refractivity contribution is 7.80. The van der Waals surface area contributed by atoms with Gasteiger partial charge in [0.2, 0.25) is 0 Å². The van der Waals surface area contributed by atoms with Gasteiger partial charge in [-0.1, -0.05) is 25.6 Å². The Hall–Kier alpha value is -0.110. The molecule has 0 amide bonds. The molecule has 0 radical (unpaired) electrons. The lowest BCUT2D eigenvalue weighted by Gasteiger charge is -1.99. The minimum absolute atomic E-state index is 0.901. The van der Waals surface area contributed by atoms with Gasteiger partial charge in [-0.15, -0.1) is 0 Å². The Morgan fingerprint density at radius 1 is 1.62 bits per heavy atom. The van der Waals surface area contributed by atoms with E-state index in [0.717, 1.165) is 11.5 Å². The van der Waals surface area contributed by atoms with E-state index in [1.807, 2.05) is 6.92 Å². The summed E-state index contributed by atoms with van der Waals surface area (Å²) in [6.07, 6.45) is 2.45. The van der Waals surface area contributed by atoms with Crippen LogP contribution in [-0.2, 0) is 0 Å². The normalized spacial score (nSPS) is 8.75. The van der Waals surface area contributed by atoms with Gasteiger partial charge in [-0.3, -0.25) is 0 Å². The second-order valence-corrected chi connectivity index (χ2v) is 2.45. The Morgan fingerprint density at radius 3 is 2.62 bits per heavy atom. The van der Waals surface area contributed by atoms with Crippen molar-refractivity contribution in [1.82, 2.24) is 5.32 Å². The standard InChI is InChI=1S/C6H13NS/c1-3-4-5-7-6(2)8/h3-5H2,1-2H3,(H,7,8). The molecule has 0 aromatic carbocycles. The van der Waals surface area contributed by atoms with Gasteiger partial charge < -0.3 is 5.32 Å². The Bertz CT molecular complexity index is 70.9. The van der Waals surface area contributed by atoms with E-state index in [4.69, 9.17) is 12.2 Å². The lowest BCUT2D eigenvalue weighted by atomic mass is 10.3. The molecular weight excluding hydrogens is 118 g/mol. The summed E-state index contributed by atoms with van der Waals surface area (Å²) in [5.74, 6) is 0. The number of thiocarbonyl (C=S) groups is 1. The molecule has 0 aliphatic rings. The van der Waals surface area contributed by atoms with Crippen LogP contribution in [0.3, 0.4) is 0 Å². The third kappa shape index (κ3) is 5.89. The van der Waals surface area contributed by atoms with Crippen LogP contribution in [0.4, 0.5) is 0 Å². The highest BCUT2D eigenvalue weighted by Gasteiger charge is 1.82. The van der Waals surface area contributed by atoms with E-state index < -0.39 is 0 Å². The van der Waals surface area contributed by atoms with E-state index in [1.165, 1.54) is 12.8 Å². The highest BCUT2D eigenvalue weighted by atomic mass is 32.1. The first-order valence-electron chi connectivity index (χ1n) is 3.01. The van der Waals surface area contributed by atoms with Crippen molar-refractivity contribution in [3.05, 3.63) is 0 Å². The average molecular weight is 131 g/mol. The summed E-state index contributed by atoms with van der Waals surface area (Å²) >= 11 is 4.80. The Balaban J connectivity index is 2.82. The minimum atomic E-state index is 0.901. The number of rotatable bonds is 3. The van der Waals surface area contributed by atoms with Crippen LogP contribution in [0, 0.1) is 0 Å². The molecule has 8 heavy (non-hydrogen) atoms. The summed E-state index contributed by atoms with van der Waals surface area (Å²) in [7, 11) is 0. The van der Waals surface area contributed by atoms with Gasteiger partial charge in [0.05, 0.1) is 4.99 Å². The molecule has 1 nitrogen and oxygen atoms in total. The molecule has 0 aliphatic carbocycles. The zero-order valence-corrected chi connectivity index (χ0v) is 6.35. The summed E-state index contributed by atoms with van der Waals surface area (Å²) in [4.78, 5) is 0.901. The molecule has 0 aromatic rings. The average Bonchev–Trinajstić information content (AvgIpc) is 1.66. The summed E-state index contributed by atoms with van der Waals surface area (Å²) in [6.45, 7) is 5.11. The number of hydrogen-bond acceptors (Lipinski definition) is 1. The maximum Gasteiger partial charge on any atom is 0.0721 e. The third-order valence-corrected chi connectivity index (χ3v) is 1.05. The zero-order valence-electron chi connectivity index (χ0n) is 5.53. The fraction of sp³-hybridized carbons (Fsp3) is 0.833. The molecule has 0 atom stereocenters. The van der Waals surface area contributed by atoms with Gasteiger partial charge in [0.25, 0.3) is 0 Å². The van der Waals surface area contributed by atoms with Crippen LogP contribution in [0.25, 0.3) is 0 Å². The maximum absolute atomic E-state index is 4.80. The van der Waals surface area contributed by atoms with Gasteiger partial charge in [-0.2, -0.15) is 0 Å². The lowest BCUT2D eigenvalue weighted by molar-refractivity contribution is 0.758. The van der Waals surface area contributed by atoms with Crippen LogP contribution < -0.4 is 5.32 Å². The van der Waals surface area contributed by atoms with Crippen molar-refractivity contribution in [3.63, 3.8) is 0 Å². The summed E-state index contributed by atoms with van der Waals surface area (Å²) in [5.41, 5.74) is 0. The third-order valence-electron chi connectivity index (χ3n) is 0.904. The fourth-order valence-electron chi connectivity index (χ4n) is 0.441. The van der Waals surface area contributed by atoms with Crippen molar-refractivity contribution < 1.29 is 0 Å². The predicted molar refractivity (Wildman–Crippen MR) is 41.2 cm³/mol. The topological polar surface area (TPSA) is 12.0 Å².